The van der Waals surface area contributed by atoms with Crippen molar-refractivity contribution in [3.63, 3.8) is 0 Å². The molecule has 0 radical (unpaired) electrons. The third kappa shape index (κ3) is 1.88. The molecule has 25 heavy (non-hydrogen) atoms. The third-order valence-electron chi connectivity index (χ3n) is 4.55. The highest BCUT2D eigenvalue weighted by Crippen LogP contribution is 2.55. The van der Waals surface area contributed by atoms with Crippen LogP contribution in [0.3, 0.4) is 0 Å². The van der Waals surface area contributed by atoms with E-state index in [1.807, 2.05) is 46.2 Å². The second-order valence-electron chi connectivity index (χ2n) is 5.90. The first kappa shape index (κ1) is 14.6. The van der Waals surface area contributed by atoms with E-state index >= 15 is 0 Å². The highest BCUT2D eigenvalue weighted by molar-refractivity contribution is 8.16. The maximum Gasteiger partial charge on any atom is 0.472 e. The second-order valence-corrected chi connectivity index (χ2v) is 10.4. The number of hydrogen-bond donors (Lipinski definition) is 0. The fourth-order valence-electron chi connectivity index (χ4n) is 3.48. The summed E-state index contributed by atoms with van der Waals surface area (Å²) in [4.78, 5) is 2.70. The average molecular weight is 397 g/mol. The van der Waals surface area contributed by atoms with E-state index in [0.717, 1.165) is 0 Å². The van der Waals surface area contributed by atoms with Gasteiger partial charge in [0.25, 0.3) is 10.0 Å². The van der Waals surface area contributed by atoms with Crippen molar-refractivity contribution in [3.8, 4) is 21.1 Å². The molecule has 0 bridgehead atoms. The van der Waals surface area contributed by atoms with Crippen molar-refractivity contribution < 1.29 is 9.13 Å². The van der Waals surface area contributed by atoms with E-state index < -0.39 is 0 Å². The number of aromatic nitrogens is 2. The highest BCUT2D eigenvalue weighted by Gasteiger charge is 2.62. The molecule has 0 saturated carbocycles. The second kappa shape index (κ2) is 5.20. The van der Waals surface area contributed by atoms with Gasteiger partial charge in [-0.3, -0.25) is 0 Å². The van der Waals surface area contributed by atoms with Crippen LogP contribution in [-0.4, -0.2) is 0 Å². The van der Waals surface area contributed by atoms with Gasteiger partial charge in [0, 0.05) is 33.3 Å². The zero-order valence-corrected chi connectivity index (χ0v) is 16.2. The predicted molar refractivity (Wildman–Crippen MR) is 105 cm³/mol. The summed E-state index contributed by atoms with van der Waals surface area (Å²) < 4.78 is 4.65. The molecule has 0 unspecified atom stereocenters. The van der Waals surface area contributed by atoms with Gasteiger partial charge in [-0.1, -0.05) is 46.9 Å². The zero-order chi connectivity index (χ0) is 16.4. The van der Waals surface area contributed by atoms with Gasteiger partial charge in [0.2, 0.25) is 0 Å². The summed E-state index contributed by atoms with van der Waals surface area (Å²) in [5.74, 6) is 0. The van der Waals surface area contributed by atoms with Crippen LogP contribution in [0.4, 0.5) is 0 Å². The van der Waals surface area contributed by atoms with E-state index in [1.54, 1.807) is 0 Å². The van der Waals surface area contributed by atoms with Gasteiger partial charge in [-0.25, -0.2) is 0 Å². The number of benzene rings is 2. The smallest absolute Gasteiger partial charge is 0.103 e. The lowest BCUT2D eigenvalue weighted by Gasteiger charge is -2.28. The predicted octanol–water partition coefficient (Wildman–Crippen LogP) is 5.05. The maximum absolute atomic E-state index is 2.45. The monoisotopic (exact) mass is 396 g/mol. The Morgan fingerprint density at radius 3 is 1.64 bits per heavy atom. The molecule has 2 nitrogen and oxygen atoms in total. The summed E-state index contributed by atoms with van der Waals surface area (Å²) in [7, 11) is 0. The van der Waals surface area contributed by atoms with E-state index in [2.05, 4.69) is 80.8 Å². The number of fused-ring (bicyclic) bond motifs is 8. The third-order valence-corrected chi connectivity index (χ3v) is 9.31. The summed E-state index contributed by atoms with van der Waals surface area (Å²) in [6, 6.07) is 17.5. The largest absolute Gasteiger partial charge is 0.472 e. The molecule has 4 aromatic rings. The van der Waals surface area contributed by atoms with Crippen molar-refractivity contribution in [2.45, 2.75) is 14.1 Å². The summed E-state index contributed by atoms with van der Waals surface area (Å²) in [5.41, 5.74) is 2.68. The molecule has 1 spiro atoms. The standard InChI is InChI=1S/C19H12N2S4/c1-3-7-15-13(5-1)17-20(9-11-22-17)19(24-15)21-10-12-23-18(21)14-6-2-4-8-16(14)25-19/h1-12H/q+2. The number of thioether (sulfide) groups is 2. The van der Waals surface area contributed by atoms with Crippen molar-refractivity contribution in [1.29, 1.82) is 0 Å². The van der Waals surface area contributed by atoms with Crippen molar-refractivity contribution in [2.24, 2.45) is 0 Å². The van der Waals surface area contributed by atoms with Crippen molar-refractivity contribution in [2.75, 3.05) is 0 Å². The van der Waals surface area contributed by atoms with Crippen LogP contribution in [0.2, 0.25) is 0 Å². The van der Waals surface area contributed by atoms with Gasteiger partial charge in [-0.2, -0.15) is 0 Å². The minimum atomic E-state index is -0.243. The maximum atomic E-state index is 2.45. The molecule has 6 heteroatoms. The Bertz CT molecular complexity index is 1040. The molecule has 0 fully saturated rings. The Morgan fingerprint density at radius 1 is 0.640 bits per heavy atom. The molecule has 2 aliphatic rings. The fraction of sp³-hybridized carbons (Fsp3) is 0.0526. The molecule has 2 aromatic heterocycles. The van der Waals surface area contributed by atoms with Crippen LogP contribution >= 0.6 is 46.2 Å². The lowest BCUT2D eigenvalue weighted by Crippen LogP contribution is -2.71. The normalized spacial score (nSPS) is 16.0. The van der Waals surface area contributed by atoms with Crippen LogP contribution in [0.5, 0.6) is 0 Å². The summed E-state index contributed by atoms with van der Waals surface area (Å²) >= 11 is 7.52. The Kier molecular flexibility index (Phi) is 3.03. The van der Waals surface area contributed by atoms with Gasteiger partial charge in [-0.15, -0.1) is 9.13 Å². The van der Waals surface area contributed by atoms with Crippen LogP contribution in [0.15, 0.2) is 81.5 Å². The van der Waals surface area contributed by atoms with E-state index in [4.69, 9.17) is 0 Å². The first-order valence-electron chi connectivity index (χ1n) is 7.93. The minimum absolute atomic E-state index is 0.243. The Labute approximate surface area is 161 Å². The molecule has 0 amide bonds. The molecule has 2 aliphatic heterocycles. The fourth-order valence-corrected chi connectivity index (χ4v) is 8.81. The minimum Gasteiger partial charge on any atom is -0.103 e. The van der Waals surface area contributed by atoms with Crippen LogP contribution < -0.4 is 9.13 Å². The van der Waals surface area contributed by atoms with Gasteiger partial charge >= 0.3 is 4.33 Å². The Morgan fingerprint density at radius 2 is 1.12 bits per heavy atom. The number of hydrogen-bond acceptors (Lipinski definition) is 4. The average Bonchev–Trinajstić information content (AvgIpc) is 3.33. The summed E-state index contributed by atoms with van der Waals surface area (Å²) in [6.07, 6.45) is 4.47. The van der Waals surface area contributed by atoms with Gasteiger partial charge < -0.3 is 0 Å². The van der Waals surface area contributed by atoms with E-state index in [9.17, 15) is 0 Å². The van der Waals surface area contributed by atoms with E-state index in [-0.39, 0.29) is 4.33 Å². The van der Waals surface area contributed by atoms with E-state index in [1.165, 1.54) is 30.9 Å². The summed E-state index contributed by atoms with van der Waals surface area (Å²) in [5, 5.41) is 7.05. The molecule has 0 atom stereocenters. The molecule has 0 aliphatic carbocycles. The van der Waals surface area contributed by atoms with E-state index in [0.29, 0.717) is 0 Å². The number of rotatable bonds is 0. The molecule has 0 saturated heterocycles. The SMILES string of the molecule is c1ccc2c(c1)SC1(Sc3ccccc3-c3scc[n+]31)[n+]1ccsc1-2. The van der Waals surface area contributed by atoms with Crippen molar-refractivity contribution >= 4 is 46.2 Å². The molecule has 2 aromatic carbocycles. The van der Waals surface area contributed by atoms with Crippen molar-refractivity contribution in [3.05, 3.63) is 71.7 Å². The molecule has 6 rings (SSSR count). The zero-order valence-electron chi connectivity index (χ0n) is 13.0. The van der Waals surface area contributed by atoms with Gasteiger partial charge in [0.1, 0.15) is 0 Å². The highest BCUT2D eigenvalue weighted by atomic mass is 32.2. The number of nitrogens with zero attached hydrogens (tertiary/aromatic N) is 2. The van der Waals surface area contributed by atoms with Crippen LogP contribution in [-0.2, 0) is 4.33 Å². The Hall–Kier alpha value is -1.60. The topological polar surface area (TPSA) is 7.76 Å². The molecule has 4 heterocycles. The van der Waals surface area contributed by atoms with Crippen LogP contribution in [0.25, 0.3) is 21.1 Å². The van der Waals surface area contributed by atoms with Crippen LogP contribution in [0.1, 0.15) is 0 Å². The van der Waals surface area contributed by atoms with Gasteiger partial charge in [-0.05, 0) is 24.3 Å². The lowest BCUT2D eigenvalue weighted by atomic mass is 10.2. The van der Waals surface area contributed by atoms with Crippen molar-refractivity contribution in [1.82, 2.24) is 0 Å². The first-order chi connectivity index (χ1) is 12.4. The van der Waals surface area contributed by atoms with Gasteiger partial charge in [0.15, 0.2) is 12.4 Å². The molecule has 120 valence electrons. The molecular formula is C19H12N2S4+2. The van der Waals surface area contributed by atoms with Gasteiger partial charge in [0.05, 0.1) is 21.9 Å². The lowest BCUT2D eigenvalue weighted by molar-refractivity contribution is -0.923. The number of thiazole rings is 2. The van der Waals surface area contributed by atoms with Crippen LogP contribution in [0, 0.1) is 0 Å². The molecule has 0 N–H and O–H groups in total. The Balaban J connectivity index is 1.69. The first-order valence-corrected chi connectivity index (χ1v) is 11.3. The summed E-state index contributed by atoms with van der Waals surface area (Å²) in [6.45, 7) is 0. The molecular weight excluding hydrogens is 384 g/mol. The quantitative estimate of drug-likeness (QED) is 0.384.